The zero-order valence-electron chi connectivity index (χ0n) is 21.0. The summed E-state index contributed by atoms with van der Waals surface area (Å²) < 4.78 is 32.7. The maximum Gasteiger partial charge on any atom is 0.264 e. The van der Waals surface area contributed by atoms with Crippen LogP contribution >= 0.6 is 22.9 Å². The SMILES string of the molecule is CCN(c1cc(S(=O)(=O)CC)cc(C(=O)NCc2c(C)cc(C)n(I)c2=O)c1C)C1CCOCC1. The van der Waals surface area contributed by atoms with E-state index in [1.165, 1.54) is 8.85 Å². The normalized spacial score (nSPS) is 14.7. The number of benzene rings is 1. The summed E-state index contributed by atoms with van der Waals surface area (Å²) in [6, 6.07) is 5.27. The number of hydrogen-bond donors (Lipinski definition) is 1. The number of aromatic nitrogens is 1. The van der Waals surface area contributed by atoms with Crippen molar-refractivity contribution in [3.05, 3.63) is 56.5 Å². The van der Waals surface area contributed by atoms with Crippen molar-refractivity contribution in [1.29, 1.82) is 0 Å². The van der Waals surface area contributed by atoms with Crippen molar-refractivity contribution >= 4 is 44.3 Å². The molecule has 2 aromatic rings. The van der Waals surface area contributed by atoms with Crippen LogP contribution in [0, 0.1) is 20.8 Å². The molecule has 1 amide bonds. The maximum atomic E-state index is 13.4. The Labute approximate surface area is 221 Å². The molecule has 2 heterocycles. The van der Waals surface area contributed by atoms with Crippen LogP contribution in [0.1, 0.15) is 59.4 Å². The standard InChI is InChI=1S/C25H34IN3O5S/c1-6-28(19-8-10-34-11-9-19)23-14-20(35(32,33)7-2)13-21(18(23)5)24(30)27-15-22-16(3)12-17(4)29(26)25(22)31/h12-14,19H,6-11,15H2,1-5H3,(H,27,30). The Balaban J connectivity index is 2.03. The fourth-order valence-corrected chi connectivity index (χ4v) is 5.91. The molecule has 1 aliphatic rings. The first-order valence-corrected chi connectivity index (χ1v) is 14.5. The summed E-state index contributed by atoms with van der Waals surface area (Å²) in [5.74, 6) is -0.461. The van der Waals surface area contributed by atoms with E-state index < -0.39 is 15.7 Å². The van der Waals surface area contributed by atoms with Gasteiger partial charge in [-0.15, -0.1) is 0 Å². The second-order valence-corrected chi connectivity index (χ2v) is 12.1. The lowest BCUT2D eigenvalue weighted by atomic mass is 10.0. The molecule has 35 heavy (non-hydrogen) atoms. The van der Waals surface area contributed by atoms with Gasteiger partial charge in [0.2, 0.25) is 0 Å². The summed E-state index contributed by atoms with van der Waals surface area (Å²) in [4.78, 5) is 28.4. The van der Waals surface area contributed by atoms with Crippen molar-refractivity contribution in [2.24, 2.45) is 0 Å². The van der Waals surface area contributed by atoms with Crippen LogP contribution in [0.15, 0.2) is 27.9 Å². The van der Waals surface area contributed by atoms with Gasteiger partial charge in [0, 0.05) is 54.9 Å². The molecule has 1 aromatic carbocycles. The molecule has 1 aliphatic heterocycles. The lowest BCUT2D eigenvalue weighted by molar-refractivity contribution is 0.0845. The van der Waals surface area contributed by atoms with E-state index >= 15 is 0 Å². The molecule has 3 rings (SSSR count). The minimum Gasteiger partial charge on any atom is -0.381 e. The Bertz CT molecular complexity index is 1270. The minimum absolute atomic E-state index is 0.0578. The highest BCUT2D eigenvalue weighted by atomic mass is 127. The molecule has 8 nitrogen and oxygen atoms in total. The van der Waals surface area contributed by atoms with Gasteiger partial charge in [0.15, 0.2) is 9.84 Å². The number of hydrogen-bond acceptors (Lipinski definition) is 6. The first-order chi connectivity index (χ1) is 16.5. The number of sulfone groups is 1. The van der Waals surface area contributed by atoms with E-state index in [9.17, 15) is 18.0 Å². The molecule has 0 aliphatic carbocycles. The first-order valence-electron chi connectivity index (χ1n) is 11.9. The largest absolute Gasteiger partial charge is 0.381 e. The predicted molar refractivity (Wildman–Crippen MR) is 147 cm³/mol. The van der Waals surface area contributed by atoms with Gasteiger partial charge in [-0.1, -0.05) is 6.92 Å². The fourth-order valence-electron chi connectivity index (χ4n) is 4.56. The zero-order chi connectivity index (χ0) is 25.9. The Morgan fingerprint density at radius 1 is 1.17 bits per heavy atom. The fraction of sp³-hybridized carbons (Fsp3) is 0.520. The summed E-state index contributed by atoms with van der Waals surface area (Å²) in [6.07, 6.45) is 1.68. The third-order valence-corrected chi connectivity index (χ3v) is 9.61. The van der Waals surface area contributed by atoms with Gasteiger partial charge >= 0.3 is 0 Å². The number of aryl methyl sites for hydroxylation is 2. The number of amides is 1. The summed E-state index contributed by atoms with van der Waals surface area (Å²) in [5.41, 5.74) is 3.74. The van der Waals surface area contributed by atoms with E-state index in [-0.39, 0.29) is 28.8 Å². The monoisotopic (exact) mass is 615 g/mol. The minimum atomic E-state index is -3.54. The summed E-state index contributed by atoms with van der Waals surface area (Å²) >= 11 is 1.95. The van der Waals surface area contributed by atoms with E-state index in [0.717, 1.165) is 35.3 Å². The smallest absolute Gasteiger partial charge is 0.264 e. The van der Waals surface area contributed by atoms with Crippen LogP contribution in [0.2, 0.25) is 0 Å². The molecule has 0 unspecified atom stereocenters. The predicted octanol–water partition coefficient (Wildman–Crippen LogP) is 3.70. The topological polar surface area (TPSA) is 97.7 Å². The average Bonchev–Trinajstić information content (AvgIpc) is 2.84. The molecule has 10 heteroatoms. The molecule has 0 saturated carbocycles. The molecule has 0 bridgehead atoms. The molecule has 1 fully saturated rings. The van der Waals surface area contributed by atoms with E-state index in [0.29, 0.717) is 30.9 Å². The molecule has 1 saturated heterocycles. The molecule has 1 aromatic heterocycles. The number of nitrogens with one attached hydrogen (secondary N) is 1. The molecule has 0 spiro atoms. The maximum absolute atomic E-state index is 13.4. The van der Waals surface area contributed by atoms with E-state index in [4.69, 9.17) is 4.74 Å². The molecule has 0 atom stereocenters. The first kappa shape index (κ1) is 27.7. The number of pyridine rings is 1. The van der Waals surface area contributed by atoms with Crippen molar-refractivity contribution in [3.8, 4) is 0 Å². The van der Waals surface area contributed by atoms with Crippen LogP contribution in [0.3, 0.4) is 0 Å². The number of nitrogens with zero attached hydrogens (tertiary/aromatic N) is 2. The molecule has 192 valence electrons. The number of halogens is 1. The lowest BCUT2D eigenvalue weighted by Gasteiger charge is -2.36. The third-order valence-electron chi connectivity index (χ3n) is 6.69. The molecule has 0 radical (unpaired) electrons. The highest BCUT2D eigenvalue weighted by Crippen LogP contribution is 2.32. The van der Waals surface area contributed by atoms with Crippen molar-refractivity contribution in [3.63, 3.8) is 0 Å². The van der Waals surface area contributed by atoms with Crippen LogP contribution in [0.4, 0.5) is 5.69 Å². The van der Waals surface area contributed by atoms with Gasteiger partial charge in [-0.2, -0.15) is 0 Å². The highest BCUT2D eigenvalue weighted by molar-refractivity contribution is 14.1. The molecular formula is C25H34IN3O5S. The van der Waals surface area contributed by atoms with Gasteiger partial charge in [-0.05, 0) is 69.9 Å². The van der Waals surface area contributed by atoms with Crippen molar-refractivity contribution in [1.82, 2.24) is 8.10 Å². The van der Waals surface area contributed by atoms with Gasteiger partial charge in [0.05, 0.1) is 33.5 Å². The van der Waals surface area contributed by atoms with Crippen LogP contribution < -0.4 is 15.8 Å². The third kappa shape index (κ3) is 5.91. The van der Waals surface area contributed by atoms with E-state index in [1.807, 2.05) is 56.6 Å². The highest BCUT2D eigenvalue weighted by Gasteiger charge is 2.27. The quantitative estimate of drug-likeness (QED) is 0.455. The van der Waals surface area contributed by atoms with Crippen molar-refractivity contribution in [2.75, 3.05) is 30.4 Å². The molecule has 1 N–H and O–H groups in total. The van der Waals surface area contributed by atoms with Gasteiger partial charge in [0.1, 0.15) is 0 Å². The molecular weight excluding hydrogens is 581 g/mol. The number of carbonyl (C=O) groups excluding carboxylic acids is 1. The second kappa shape index (κ2) is 11.4. The van der Waals surface area contributed by atoms with Crippen LogP contribution in [-0.2, 0) is 21.1 Å². The van der Waals surface area contributed by atoms with Crippen molar-refractivity contribution in [2.45, 2.75) is 64.9 Å². The van der Waals surface area contributed by atoms with E-state index in [1.54, 1.807) is 13.0 Å². The zero-order valence-corrected chi connectivity index (χ0v) is 24.0. The number of anilines is 1. The number of rotatable bonds is 8. The van der Waals surface area contributed by atoms with E-state index in [2.05, 4.69) is 10.2 Å². The summed E-state index contributed by atoms with van der Waals surface area (Å²) in [6.45, 7) is 11.2. The van der Waals surface area contributed by atoms with Crippen LogP contribution in [-0.4, -0.2) is 48.7 Å². The summed E-state index contributed by atoms with van der Waals surface area (Å²) in [7, 11) is -3.54. The van der Waals surface area contributed by atoms with Gasteiger partial charge in [-0.3, -0.25) is 12.4 Å². The summed E-state index contributed by atoms with van der Waals surface area (Å²) in [5, 5.41) is 2.86. The number of ether oxygens (including phenoxy) is 1. The Hall–Kier alpha value is -1.92. The van der Waals surface area contributed by atoms with Gasteiger partial charge in [0.25, 0.3) is 11.5 Å². The second-order valence-electron chi connectivity index (χ2n) is 8.86. The van der Waals surface area contributed by atoms with Crippen molar-refractivity contribution < 1.29 is 17.9 Å². The Kier molecular flexibility index (Phi) is 9.03. The Morgan fingerprint density at radius 3 is 2.43 bits per heavy atom. The lowest BCUT2D eigenvalue weighted by Crippen LogP contribution is -2.40. The van der Waals surface area contributed by atoms with Crippen LogP contribution in [0.25, 0.3) is 0 Å². The van der Waals surface area contributed by atoms with Crippen LogP contribution in [0.5, 0.6) is 0 Å². The van der Waals surface area contributed by atoms with Gasteiger partial charge in [-0.25, -0.2) is 8.42 Å². The number of carbonyl (C=O) groups is 1. The van der Waals surface area contributed by atoms with Gasteiger partial charge < -0.3 is 15.0 Å². The Morgan fingerprint density at radius 2 is 1.83 bits per heavy atom. The average molecular weight is 616 g/mol.